The molecule has 0 aromatic carbocycles. The molecule has 0 radical (unpaired) electrons. The van der Waals surface area contributed by atoms with Crippen molar-refractivity contribution in [1.29, 1.82) is 0 Å². The third-order valence-electron chi connectivity index (χ3n) is 3.25. The molecule has 0 unspecified atom stereocenters. The zero-order chi connectivity index (χ0) is 13.2. The lowest BCUT2D eigenvalue weighted by molar-refractivity contribution is -0.139. The van der Waals surface area contributed by atoms with Crippen molar-refractivity contribution in [3.05, 3.63) is 11.6 Å². The molecule has 3 nitrogen and oxygen atoms in total. The maximum atomic E-state index is 11.9. The van der Waals surface area contributed by atoms with Crippen molar-refractivity contribution in [2.24, 2.45) is 5.92 Å². The molecular weight excluding hydrogens is 228 g/mol. The Balaban J connectivity index is 2.56. The lowest BCUT2D eigenvalue weighted by Gasteiger charge is -2.19. The third kappa shape index (κ3) is 5.67. The summed E-state index contributed by atoms with van der Waals surface area (Å²) >= 11 is 0. The summed E-state index contributed by atoms with van der Waals surface area (Å²) in [5, 5.41) is 0. The molecule has 18 heavy (non-hydrogen) atoms. The second-order valence-electron chi connectivity index (χ2n) is 4.86. The van der Waals surface area contributed by atoms with Crippen LogP contribution in [0, 0.1) is 5.92 Å². The molecule has 0 aromatic heterocycles. The smallest absolute Gasteiger partial charge is 0.336 e. The largest absolute Gasteiger partial charge is 0.462 e. The minimum absolute atomic E-state index is 0.198. The zero-order valence-electron chi connectivity index (χ0n) is 11.7. The highest BCUT2D eigenvalue weighted by atomic mass is 16.5. The van der Waals surface area contributed by atoms with Gasteiger partial charge in [-0.3, -0.25) is 0 Å². The van der Waals surface area contributed by atoms with Gasteiger partial charge in [-0.25, -0.2) is 4.79 Å². The Bertz CT molecular complexity index is 265. The Labute approximate surface area is 111 Å². The maximum absolute atomic E-state index is 11.9. The van der Waals surface area contributed by atoms with E-state index in [2.05, 4.69) is 6.08 Å². The molecule has 3 heteroatoms. The normalized spacial score (nSPS) is 17.8. The van der Waals surface area contributed by atoms with Crippen LogP contribution < -0.4 is 0 Å². The van der Waals surface area contributed by atoms with Crippen LogP contribution in [0.15, 0.2) is 11.6 Å². The molecule has 1 saturated carbocycles. The molecule has 0 atom stereocenters. The summed E-state index contributed by atoms with van der Waals surface area (Å²) in [5.74, 6) is 0.333. The van der Waals surface area contributed by atoms with Gasteiger partial charge in [0.05, 0.1) is 18.8 Å². The minimum atomic E-state index is -0.198. The van der Waals surface area contributed by atoms with E-state index < -0.39 is 0 Å². The molecule has 0 N–H and O–H groups in total. The van der Waals surface area contributed by atoms with Crippen LogP contribution in [-0.2, 0) is 14.3 Å². The average Bonchev–Trinajstić information content (AvgIpc) is 2.42. The number of esters is 1. The Kier molecular flexibility index (Phi) is 7.74. The van der Waals surface area contributed by atoms with Gasteiger partial charge in [-0.15, -0.1) is 0 Å². The molecular formula is C15H26O3. The summed E-state index contributed by atoms with van der Waals surface area (Å²) in [6.45, 7) is 5.45. The summed E-state index contributed by atoms with van der Waals surface area (Å²) in [6, 6.07) is 0. The first-order valence-corrected chi connectivity index (χ1v) is 7.23. The van der Waals surface area contributed by atoms with Crippen LogP contribution in [0.25, 0.3) is 0 Å². The van der Waals surface area contributed by atoms with E-state index >= 15 is 0 Å². The van der Waals surface area contributed by atoms with E-state index in [9.17, 15) is 4.79 Å². The highest BCUT2D eigenvalue weighted by Gasteiger charge is 2.16. The predicted octanol–water partition coefficient (Wildman–Crippen LogP) is 3.48. The quantitative estimate of drug-likeness (QED) is 0.515. The zero-order valence-corrected chi connectivity index (χ0v) is 11.7. The molecule has 1 fully saturated rings. The molecule has 0 aliphatic heterocycles. The minimum Gasteiger partial charge on any atom is -0.462 e. The van der Waals surface area contributed by atoms with Gasteiger partial charge in [-0.2, -0.15) is 0 Å². The number of carbonyl (C=O) groups excluding carboxylic acids is 1. The third-order valence-corrected chi connectivity index (χ3v) is 3.25. The lowest BCUT2D eigenvalue weighted by atomic mass is 9.88. The van der Waals surface area contributed by atoms with E-state index in [1.807, 2.05) is 13.8 Å². The fourth-order valence-corrected chi connectivity index (χ4v) is 2.26. The predicted molar refractivity (Wildman–Crippen MR) is 72.4 cm³/mol. The van der Waals surface area contributed by atoms with Crippen molar-refractivity contribution in [3.8, 4) is 0 Å². The van der Waals surface area contributed by atoms with Crippen molar-refractivity contribution in [2.75, 3.05) is 19.8 Å². The molecule has 0 saturated heterocycles. The summed E-state index contributed by atoms with van der Waals surface area (Å²) in [6.07, 6.45) is 9.20. The standard InChI is InChI=1S/C15H26O3/c1-3-10-18-15(16)14(12-17-4-2)11-13-8-6-5-7-9-13/h11,13H,3-10,12H2,1-2H3. The van der Waals surface area contributed by atoms with Crippen molar-refractivity contribution < 1.29 is 14.3 Å². The van der Waals surface area contributed by atoms with Crippen LogP contribution >= 0.6 is 0 Å². The number of hydrogen-bond acceptors (Lipinski definition) is 3. The highest BCUT2D eigenvalue weighted by Crippen LogP contribution is 2.25. The molecule has 1 rings (SSSR count). The van der Waals surface area contributed by atoms with E-state index in [-0.39, 0.29) is 5.97 Å². The van der Waals surface area contributed by atoms with Crippen molar-refractivity contribution in [1.82, 2.24) is 0 Å². The monoisotopic (exact) mass is 254 g/mol. The number of hydrogen-bond donors (Lipinski definition) is 0. The number of rotatable bonds is 7. The van der Waals surface area contributed by atoms with E-state index in [0.717, 1.165) is 6.42 Å². The van der Waals surface area contributed by atoms with Gasteiger partial charge in [0.1, 0.15) is 0 Å². The van der Waals surface area contributed by atoms with Gasteiger partial charge in [0.2, 0.25) is 0 Å². The van der Waals surface area contributed by atoms with Crippen molar-refractivity contribution >= 4 is 5.97 Å². The average molecular weight is 254 g/mol. The molecule has 0 amide bonds. The van der Waals surface area contributed by atoms with Gasteiger partial charge in [0, 0.05) is 6.61 Å². The molecule has 0 spiro atoms. The maximum Gasteiger partial charge on any atom is 0.336 e. The van der Waals surface area contributed by atoms with Crippen LogP contribution in [0.1, 0.15) is 52.4 Å². The van der Waals surface area contributed by atoms with Gasteiger partial charge in [0.15, 0.2) is 0 Å². The lowest BCUT2D eigenvalue weighted by Crippen LogP contribution is -2.16. The molecule has 0 heterocycles. The van der Waals surface area contributed by atoms with Crippen LogP contribution in [0.5, 0.6) is 0 Å². The molecule has 1 aliphatic rings. The summed E-state index contributed by atoms with van der Waals surface area (Å²) in [7, 11) is 0. The first-order valence-electron chi connectivity index (χ1n) is 7.23. The van der Waals surface area contributed by atoms with E-state index in [1.165, 1.54) is 32.1 Å². The van der Waals surface area contributed by atoms with Crippen LogP contribution in [0.3, 0.4) is 0 Å². The first kappa shape index (κ1) is 15.2. The number of ether oxygens (including phenoxy) is 2. The Morgan fingerprint density at radius 3 is 2.56 bits per heavy atom. The number of allylic oxidation sites excluding steroid dienone is 1. The molecule has 104 valence electrons. The Hall–Kier alpha value is -0.830. The second-order valence-corrected chi connectivity index (χ2v) is 4.86. The fraction of sp³-hybridized carbons (Fsp3) is 0.800. The summed E-state index contributed by atoms with van der Waals surface area (Å²) in [4.78, 5) is 11.9. The van der Waals surface area contributed by atoms with E-state index in [4.69, 9.17) is 9.47 Å². The fourth-order valence-electron chi connectivity index (χ4n) is 2.26. The van der Waals surface area contributed by atoms with Gasteiger partial charge < -0.3 is 9.47 Å². The van der Waals surface area contributed by atoms with Gasteiger partial charge in [-0.05, 0) is 32.1 Å². The van der Waals surface area contributed by atoms with Gasteiger partial charge in [0.25, 0.3) is 0 Å². The van der Waals surface area contributed by atoms with E-state index in [0.29, 0.717) is 31.3 Å². The molecule has 0 aromatic rings. The number of carbonyl (C=O) groups is 1. The molecule has 1 aliphatic carbocycles. The summed E-state index contributed by atoms with van der Waals surface area (Å²) in [5.41, 5.74) is 0.706. The highest BCUT2D eigenvalue weighted by molar-refractivity contribution is 5.88. The Morgan fingerprint density at radius 1 is 1.22 bits per heavy atom. The topological polar surface area (TPSA) is 35.5 Å². The van der Waals surface area contributed by atoms with Crippen LogP contribution in [-0.4, -0.2) is 25.8 Å². The van der Waals surface area contributed by atoms with Gasteiger partial charge in [-0.1, -0.05) is 32.3 Å². The van der Waals surface area contributed by atoms with Crippen molar-refractivity contribution in [3.63, 3.8) is 0 Å². The first-order chi connectivity index (χ1) is 8.77. The van der Waals surface area contributed by atoms with Crippen LogP contribution in [0.4, 0.5) is 0 Å². The van der Waals surface area contributed by atoms with Gasteiger partial charge >= 0.3 is 5.97 Å². The van der Waals surface area contributed by atoms with Crippen molar-refractivity contribution in [2.45, 2.75) is 52.4 Å². The SMILES string of the molecule is CCCOC(=O)C(=CC1CCCCC1)COCC. The summed E-state index contributed by atoms with van der Waals surface area (Å²) < 4.78 is 10.6. The van der Waals surface area contributed by atoms with E-state index in [1.54, 1.807) is 0 Å². The second kappa shape index (κ2) is 9.15. The van der Waals surface area contributed by atoms with Crippen LogP contribution in [0.2, 0.25) is 0 Å². The molecule has 0 bridgehead atoms. The Morgan fingerprint density at radius 2 is 1.94 bits per heavy atom.